The van der Waals surface area contributed by atoms with Crippen LogP contribution in [0.15, 0.2) is 89.9 Å². The van der Waals surface area contributed by atoms with Crippen molar-refractivity contribution in [3.63, 3.8) is 0 Å². The lowest BCUT2D eigenvalue weighted by atomic mass is 10.1. The van der Waals surface area contributed by atoms with Gasteiger partial charge in [-0.25, -0.2) is 0 Å². The standard InChI is InChI=1S/C25H27NOSSi/c1-25(2,3)29(22-13-6-4-7-14-22,23-15-8-5-9-16-23)27-19-18-21-12-10-11-17-24(21)26-20-28/h4-17H,18-19H2,1-3H3. The fraction of sp³-hybridized carbons (Fsp3) is 0.240. The van der Waals surface area contributed by atoms with Gasteiger partial charge < -0.3 is 4.43 Å². The minimum absolute atomic E-state index is 0.0260. The number of hydrogen-bond donors (Lipinski definition) is 0. The lowest BCUT2D eigenvalue weighted by Gasteiger charge is -2.43. The normalized spacial score (nSPS) is 11.7. The summed E-state index contributed by atoms with van der Waals surface area (Å²) < 4.78 is 6.95. The van der Waals surface area contributed by atoms with Crippen LogP contribution in [-0.4, -0.2) is 20.1 Å². The molecular formula is C25H27NOSSi. The highest BCUT2D eigenvalue weighted by atomic mass is 32.1. The summed E-state index contributed by atoms with van der Waals surface area (Å²) in [5, 5.41) is 5.05. The highest BCUT2D eigenvalue weighted by molar-refractivity contribution is 7.78. The molecule has 0 bridgehead atoms. The second-order valence-electron chi connectivity index (χ2n) is 8.09. The van der Waals surface area contributed by atoms with Gasteiger partial charge in [-0.05, 0) is 45.7 Å². The maximum Gasteiger partial charge on any atom is 0.261 e. The zero-order chi connectivity index (χ0) is 20.7. The lowest BCUT2D eigenvalue weighted by Crippen LogP contribution is -2.66. The van der Waals surface area contributed by atoms with Gasteiger partial charge in [0.1, 0.15) is 0 Å². The number of aliphatic imine (C=N–C) groups is 1. The zero-order valence-corrected chi connectivity index (χ0v) is 19.1. The second kappa shape index (κ2) is 9.42. The molecule has 0 aliphatic rings. The van der Waals surface area contributed by atoms with Crippen molar-refractivity contribution in [2.45, 2.75) is 32.2 Å². The van der Waals surface area contributed by atoms with Gasteiger partial charge in [0.05, 0.1) is 10.8 Å². The number of thiocarbonyl (C=S) groups is 1. The molecule has 29 heavy (non-hydrogen) atoms. The summed E-state index contributed by atoms with van der Waals surface area (Å²) in [7, 11) is -2.51. The fourth-order valence-electron chi connectivity index (χ4n) is 3.96. The third kappa shape index (κ3) is 4.63. The minimum atomic E-state index is -2.51. The van der Waals surface area contributed by atoms with Gasteiger partial charge >= 0.3 is 0 Å². The predicted octanol–water partition coefficient (Wildman–Crippen LogP) is 5.54. The van der Waals surface area contributed by atoms with Gasteiger partial charge in [0, 0.05) is 6.61 Å². The van der Waals surface area contributed by atoms with Crippen molar-refractivity contribution in [1.29, 1.82) is 0 Å². The van der Waals surface area contributed by atoms with Crippen LogP contribution in [0.3, 0.4) is 0 Å². The Morgan fingerprint density at radius 2 is 1.34 bits per heavy atom. The van der Waals surface area contributed by atoms with Crippen molar-refractivity contribution in [2.24, 2.45) is 4.99 Å². The topological polar surface area (TPSA) is 21.6 Å². The Morgan fingerprint density at radius 3 is 1.86 bits per heavy atom. The molecule has 0 N–H and O–H groups in total. The third-order valence-corrected chi connectivity index (χ3v) is 10.4. The summed E-state index contributed by atoms with van der Waals surface area (Å²) in [6.45, 7) is 7.51. The molecule has 0 heterocycles. The molecule has 0 unspecified atom stereocenters. The fourth-order valence-corrected chi connectivity index (χ4v) is 8.62. The van der Waals surface area contributed by atoms with Crippen molar-refractivity contribution in [2.75, 3.05) is 6.61 Å². The first kappa shape index (κ1) is 21.3. The first-order valence-corrected chi connectivity index (χ1v) is 12.2. The molecule has 3 aromatic rings. The van der Waals surface area contributed by atoms with Crippen LogP contribution in [0.5, 0.6) is 0 Å². The molecule has 0 saturated carbocycles. The summed E-state index contributed by atoms with van der Waals surface area (Å²) in [5.41, 5.74) is 2.00. The lowest BCUT2D eigenvalue weighted by molar-refractivity contribution is 0.302. The third-order valence-electron chi connectivity index (χ3n) is 5.26. The summed E-state index contributed by atoms with van der Waals surface area (Å²) in [6, 6.07) is 29.5. The average molecular weight is 418 g/mol. The largest absolute Gasteiger partial charge is 0.407 e. The van der Waals surface area contributed by atoms with Crippen LogP contribution in [-0.2, 0) is 10.8 Å². The van der Waals surface area contributed by atoms with Gasteiger partial charge in [-0.3, -0.25) is 0 Å². The summed E-state index contributed by atoms with van der Waals surface area (Å²) in [5.74, 6) is 0. The molecule has 4 heteroatoms. The predicted molar refractivity (Wildman–Crippen MR) is 128 cm³/mol. The number of para-hydroxylation sites is 1. The highest BCUT2D eigenvalue weighted by Gasteiger charge is 2.49. The molecule has 0 amide bonds. The van der Waals surface area contributed by atoms with E-state index in [0.717, 1.165) is 17.7 Å². The molecule has 3 rings (SSSR count). The van der Waals surface area contributed by atoms with Crippen LogP contribution in [0.25, 0.3) is 0 Å². The smallest absolute Gasteiger partial charge is 0.261 e. The molecule has 0 radical (unpaired) electrons. The quantitative estimate of drug-likeness (QED) is 0.286. The van der Waals surface area contributed by atoms with Crippen LogP contribution in [0.1, 0.15) is 26.3 Å². The first-order valence-electron chi connectivity index (χ1n) is 9.90. The van der Waals surface area contributed by atoms with Crippen LogP contribution >= 0.6 is 12.2 Å². The summed E-state index contributed by atoms with van der Waals surface area (Å²) in [6.07, 6.45) is 0.779. The Balaban J connectivity index is 2.00. The Morgan fingerprint density at radius 1 is 0.828 bits per heavy atom. The molecule has 0 fully saturated rings. The molecule has 3 aromatic carbocycles. The van der Waals surface area contributed by atoms with E-state index in [-0.39, 0.29) is 5.04 Å². The van der Waals surface area contributed by atoms with Crippen LogP contribution < -0.4 is 10.4 Å². The van der Waals surface area contributed by atoms with E-state index in [1.807, 2.05) is 18.2 Å². The van der Waals surface area contributed by atoms with Gasteiger partial charge in [0.2, 0.25) is 0 Å². The van der Waals surface area contributed by atoms with Gasteiger partial charge in [0.25, 0.3) is 8.32 Å². The van der Waals surface area contributed by atoms with E-state index in [2.05, 4.69) is 97.7 Å². The van der Waals surface area contributed by atoms with Crippen molar-refractivity contribution in [3.05, 3.63) is 90.5 Å². The monoisotopic (exact) mass is 417 g/mol. The maximum absolute atomic E-state index is 6.95. The van der Waals surface area contributed by atoms with E-state index < -0.39 is 8.32 Å². The average Bonchev–Trinajstić information content (AvgIpc) is 2.73. The van der Waals surface area contributed by atoms with E-state index in [9.17, 15) is 0 Å². The van der Waals surface area contributed by atoms with Crippen LogP contribution in [0.4, 0.5) is 5.69 Å². The number of hydrogen-bond acceptors (Lipinski definition) is 3. The van der Waals surface area contributed by atoms with Crippen LogP contribution in [0, 0.1) is 0 Å². The molecule has 0 aliphatic carbocycles. The minimum Gasteiger partial charge on any atom is -0.407 e. The van der Waals surface area contributed by atoms with E-state index in [0.29, 0.717) is 6.61 Å². The van der Waals surface area contributed by atoms with E-state index >= 15 is 0 Å². The molecule has 0 saturated heterocycles. The summed E-state index contributed by atoms with van der Waals surface area (Å²) >= 11 is 4.80. The van der Waals surface area contributed by atoms with Gasteiger partial charge in [0.15, 0.2) is 0 Å². The van der Waals surface area contributed by atoms with E-state index in [4.69, 9.17) is 16.6 Å². The molecule has 2 nitrogen and oxygen atoms in total. The second-order valence-corrected chi connectivity index (χ2v) is 12.6. The molecule has 0 spiro atoms. The van der Waals surface area contributed by atoms with Crippen LogP contribution in [0.2, 0.25) is 5.04 Å². The van der Waals surface area contributed by atoms with E-state index in [1.165, 1.54) is 10.4 Å². The zero-order valence-electron chi connectivity index (χ0n) is 17.3. The van der Waals surface area contributed by atoms with Crippen molar-refractivity contribution < 1.29 is 4.43 Å². The molecular weight excluding hydrogens is 390 g/mol. The molecule has 0 atom stereocenters. The number of nitrogens with zero attached hydrogens (tertiary/aromatic N) is 1. The Hall–Kier alpha value is -2.36. The Labute approximate surface area is 180 Å². The van der Waals surface area contributed by atoms with Gasteiger partial charge in [-0.1, -0.05) is 99.6 Å². The maximum atomic E-state index is 6.95. The molecule has 0 aromatic heterocycles. The van der Waals surface area contributed by atoms with Gasteiger partial charge in [-0.2, -0.15) is 4.99 Å². The number of rotatable bonds is 7. The molecule has 148 valence electrons. The summed E-state index contributed by atoms with van der Waals surface area (Å²) in [4.78, 5) is 4.21. The van der Waals surface area contributed by atoms with Crippen molar-refractivity contribution >= 4 is 41.8 Å². The number of isothiocyanates is 1. The highest BCUT2D eigenvalue weighted by Crippen LogP contribution is 2.37. The first-order chi connectivity index (χ1) is 14.0. The van der Waals surface area contributed by atoms with Crippen molar-refractivity contribution in [1.82, 2.24) is 0 Å². The molecule has 0 aliphatic heterocycles. The van der Waals surface area contributed by atoms with Gasteiger partial charge in [-0.15, -0.1) is 0 Å². The van der Waals surface area contributed by atoms with Crippen molar-refractivity contribution in [3.8, 4) is 0 Å². The SMILES string of the molecule is CC(C)(C)[Si](OCCc1ccccc1N=C=S)(c1ccccc1)c1ccccc1. The Bertz CT molecular complexity index is 937. The van der Waals surface area contributed by atoms with E-state index in [1.54, 1.807) is 0 Å². The number of benzene rings is 3. The Kier molecular flexibility index (Phi) is 6.94.